The molecule has 6 nitrogen and oxygen atoms in total. The van der Waals surface area contributed by atoms with Gasteiger partial charge >= 0.3 is 0 Å². The summed E-state index contributed by atoms with van der Waals surface area (Å²) in [6, 6.07) is 43.5. The van der Waals surface area contributed by atoms with Crippen molar-refractivity contribution >= 4 is 80.7 Å². The highest BCUT2D eigenvalue weighted by Crippen LogP contribution is 2.44. The summed E-state index contributed by atoms with van der Waals surface area (Å²) in [4.78, 5) is 0. The number of para-hydroxylation sites is 2. The molecule has 6 aliphatic rings. The van der Waals surface area contributed by atoms with Gasteiger partial charge in [-0.15, -0.1) is 0 Å². The number of fused-ring (bicyclic) bond motifs is 12. The first kappa shape index (κ1) is 34.5. The maximum absolute atomic E-state index is 7.16. The van der Waals surface area contributed by atoms with Crippen LogP contribution in [0, 0.1) is 34.6 Å². The summed E-state index contributed by atoms with van der Waals surface area (Å²) < 4.78 is 34.3. The first-order valence-corrected chi connectivity index (χ1v) is 21.5. The normalized spacial score (nSPS) is 14.2. The number of hydrogen-bond acceptors (Lipinski definition) is 6. The maximum atomic E-state index is 7.16. The van der Waals surface area contributed by atoms with Gasteiger partial charge in [0.25, 0.3) is 20.1 Å². The Labute approximate surface area is 360 Å². The summed E-state index contributed by atoms with van der Waals surface area (Å²) in [6.45, 7) is 10.4. The molecule has 8 aromatic rings. The molecule has 292 valence electrons. The maximum Gasteiger partial charge on any atom is 0.260 e. The number of anilines is 2. The Bertz CT molecular complexity index is 3200. The third-order valence-electron chi connectivity index (χ3n) is 13.9. The fraction of sp³-hybridized carbons (Fsp3) is 0.0943. The van der Waals surface area contributed by atoms with Crippen molar-refractivity contribution < 1.29 is 23.7 Å². The summed E-state index contributed by atoms with van der Waals surface area (Å²) in [7, 11) is 0. The minimum Gasteiger partial charge on any atom is -0.458 e. The Morgan fingerprint density at radius 2 is 0.774 bits per heavy atom. The zero-order valence-electron chi connectivity index (χ0n) is 34.8. The monoisotopic (exact) mass is 799 g/mol. The third-order valence-corrected chi connectivity index (χ3v) is 13.9. The van der Waals surface area contributed by atoms with Gasteiger partial charge in [-0.1, -0.05) is 66.2 Å². The van der Waals surface area contributed by atoms with Crippen LogP contribution < -0.4 is 78.2 Å². The molecule has 6 heterocycles. The molecule has 0 spiro atoms. The fourth-order valence-corrected chi connectivity index (χ4v) is 11.6. The van der Waals surface area contributed by atoms with Crippen LogP contribution in [-0.4, -0.2) is 20.1 Å². The Morgan fingerprint density at radius 1 is 0.339 bits per heavy atom. The summed E-state index contributed by atoms with van der Waals surface area (Å²) in [5.41, 5.74) is 20.2. The van der Waals surface area contributed by atoms with E-state index in [-0.39, 0.29) is 20.1 Å². The standard InChI is InChI=1S/C53H36B3NO5/c1-26-14-29(4)50(30(5)15-26)31-20-48-53-49(21-31)62-44-25-43-36(55-33-11-7-9-13-41(33)59-46-18-28(3)19-47(61-43)52(46)55)23-37(44)56(53)35-22-34-38(24-42(35)60-48)57-39-16-27(2)17-45-51(39)54(34)32-10-6-8-12-40(32)58-45/h6-25,57H,1-5H3. The van der Waals surface area contributed by atoms with Crippen LogP contribution in [0.15, 0.2) is 121 Å². The molecule has 1 N–H and O–H groups in total. The minimum absolute atomic E-state index is 0.0313. The first-order valence-electron chi connectivity index (χ1n) is 21.5. The first-order chi connectivity index (χ1) is 30.2. The van der Waals surface area contributed by atoms with E-state index in [1.807, 2.05) is 6.07 Å². The minimum atomic E-state index is -0.194. The number of ether oxygens (including phenoxy) is 5. The van der Waals surface area contributed by atoms with E-state index < -0.39 is 0 Å². The van der Waals surface area contributed by atoms with Gasteiger partial charge in [0.1, 0.15) is 57.5 Å². The molecule has 0 radical (unpaired) electrons. The van der Waals surface area contributed by atoms with Crippen LogP contribution in [0.25, 0.3) is 11.1 Å². The van der Waals surface area contributed by atoms with Gasteiger partial charge in [-0.3, -0.25) is 0 Å². The lowest BCUT2D eigenvalue weighted by Crippen LogP contribution is -2.63. The zero-order valence-corrected chi connectivity index (χ0v) is 34.8. The highest BCUT2D eigenvalue weighted by Gasteiger charge is 2.47. The SMILES string of the molecule is Cc1cc(C)c(-c2cc3c4c(c2)Oc2cc5c(cc2B4c2cc4c(cc2O3)Nc2cc(C)cc3c2B4c2ccccc2O3)B2c3ccccc3Oc3cc(C)cc(c32)O5)c(C)c1. The molecule has 14 rings (SSSR count). The van der Waals surface area contributed by atoms with Gasteiger partial charge in [-0.05, 0) is 155 Å². The van der Waals surface area contributed by atoms with Crippen molar-refractivity contribution in [1.29, 1.82) is 0 Å². The predicted molar refractivity (Wildman–Crippen MR) is 252 cm³/mol. The van der Waals surface area contributed by atoms with Crippen LogP contribution in [-0.2, 0) is 0 Å². The second kappa shape index (κ2) is 12.0. The lowest BCUT2D eigenvalue weighted by atomic mass is 9.30. The molecule has 0 atom stereocenters. The molecule has 0 saturated carbocycles. The second-order valence-corrected chi connectivity index (χ2v) is 18.0. The van der Waals surface area contributed by atoms with Crippen molar-refractivity contribution in [3.63, 3.8) is 0 Å². The molecule has 0 aromatic heterocycles. The van der Waals surface area contributed by atoms with Gasteiger partial charge in [0.15, 0.2) is 0 Å². The topological polar surface area (TPSA) is 58.2 Å². The van der Waals surface area contributed by atoms with Crippen molar-refractivity contribution in [2.75, 3.05) is 5.32 Å². The van der Waals surface area contributed by atoms with Gasteiger partial charge in [0.05, 0.1) is 0 Å². The second-order valence-electron chi connectivity index (χ2n) is 18.0. The van der Waals surface area contributed by atoms with Gasteiger partial charge in [0.2, 0.25) is 0 Å². The van der Waals surface area contributed by atoms with E-state index in [4.69, 9.17) is 23.7 Å². The Kier molecular flexibility index (Phi) is 6.66. The van der Waals surface area contributed by atoms with Crippen molar-refractivity contribution in [2.24, 2.45) is 0 Å². The molecule has 0 unspecified atom stereocenters. The molecular formula is C53H36B3NO5. The average Bonchev–Trinajstić information content (AvgIpc) is 3.24. The molecule has 0 amide bonds. The van der Waals surface area contributed by atoms with Crippen molar-refractivity contribution in [3.05, 3.63) is 149 Å². The molecule has 0 fully saturated rings. The van der Waals surface area contributed by atoms with E-state index in [9.17, 15) is 0 Å². The highest BCUT2D eigenvalue weighted by molar-refractivity contribution is 7.02. The lowest BCUT2D eigenvalue weighted by molar-refractivity contribution is 0.451. The van der Waals surface area contributed by atoms with Crippen LogP contribution >= 0.6 is 0 Å². The Balaban J connectivity index is 1.02. The van der Waals surface area contributed by atoms with Gasteiger partial charge in [-0.2, -0.15) is 0 Å². The zero-order chi connectivity index (χ0) is 41.3. The summed E-state index contributed by atoms with van der Waals surface area (Å²) in [5, 5.41) is 3.84. The summed E-state index contributed by atoms with van der Waals surface area (Å²) in [6.07, 6.45) is 0. The molecule has 62 heavy (non-hydrogen) atoms. The number of rotatable bonds is 1. The van der Waals surface area contributed by atoms with E-state index in [2.05, 4.69) is 155 Å². The van der Waals surface area contributed by atoms with Gasteiger partial charge in [-0.25, -0.2) is 0 Å². The number of nitrogens with one attached hydrogen (secondary N) is 1. The molecule has 0 aliphatic carbocycles. The molecule has 8 aromatic carbocycles. The number of aryl methyl sites for hydroxylation is 5. The van der Waals surface area contributed by atoms with Crippen molar-refractivity contribution in [1.82, 2.24) is 0 Å². The van der Waals surface area contributed by atoms with E-state index in [0.717, 1.165) is 129 Å². The van der Waals surface area contributed by atoms with E-state index >= 15 is 0 Å². The molecule has 0 saturated heterocycles. The van der Waals surface area contributed by atoms with Crippen LogP contribution in [0.2, 0.25) is 0 Å². The van der Waals surface area contributed by atoms with Crippen LogP contribution in [0.3, 0.4) is 0 Å². The third kappa shape index (κ3) is 4.63. The smallest absolute Gasteiger partial charge is 0.260 e. The molecular weight excluding hydrogens is 763 g/mol. The average molecular weight is 799 g/mol. The van der Waals surface area contributed by atoms with E-state index in [1.165, 1.54) is 27.7 Å². The van der Waals surface area contributed by atoms with Gasteiger partial charge in [0, 0.05) is 34.4 Å². The van der Waals surface area contributed by atoms with Crippen molar-refractivity contribution in [2.45, 2.75) is 34.6 Å². The molecule has 9 heteroatoms. The molecule has 6 aliphatic heterocycles. The number of hydrogen-bond donors (Lipinski definition) is 1. The number of benzene rings is 8. The summed E-state index contributed by atoms with van der Waals surface area (Å²) in [5.74, 6) is 8.31. The summed E-state index contributed by atoms with van der Waals surface area (Å²) >= 11 is 0. The van der Waals surface area contributed by atoms with Crippen LogP contribution in [0.1, 0.15) is 27.8 Å². The van der Waals surface area contributed by atoms with E-state index in [0.29, 0.717) is 0 Å². The highest BCUT2D eigenvalue weighted by atomic mass is 16.5. The Hall–Kier alpha value is -7.25. The predicted octanol–water partition coefficient (Wildman–Crippen LogP) is 7.03. The quantitative estimate of drug-likeness (QED) is 0.180. The van der Waals surface area contributed by atoms with Crippen molar-refractivity contribution in [3.8, 4) is 68.6 Å². The Morgan fingerprint density at radius 3 is 1.37 bits per heavy atom. The largest absolute Gasteiger partial charge is 0.458 e. The van der Waals surface area contributed by atoms with Gasteiger partial charge < -0.3 is 29.0 Å². The van der Waals surface area contributed by atoms with E-state index in [1.54, 1.807) is 0 Å². The van der Waals surface area contributed by atoms with Crippen LogP contribution in [0.4, 0.5) is 11.4 Å². The fourth-order valence-electron chi connectivity index (χ4n) is 11.6. The lowest BCUT2D eigenvalue weighted by Gasteiger charge is -2.38. The van der Waals surface area contributed by atoms with Crippen LogP contribution in [0.5, 0.6) is 57.5 Å². The molecule has 0 bridgehead atoms.